The van der Waals surface area contributed by atoms with Crippen LogP contribution in [-0.4, -0.2) is 25.6 Å². The maximum Gasteiger partial charge on any atom is 0.309 e. The monoisotopic (exact) mass is 339 g/mol. The second-order valence-corrected chi connectivity index (χ2v) is 4.86. The van der Waals surface area contributed by atoms with Crippen LogP contribution in [0.5, 0.6) is 0 Å². The molecule has 9 heteroatoms. The maximum absolute atomic E-state index is 11.8. The van der Waals surface area contributed by atoms with E-state index in [-0.39, 0.29) is 18.1 Å². The third-order valence-corrected chi connectivity index (χ3v) is 3.03. The predicted octanol–water partition coefficient (Wildman–Crippen LogP) is 1.90. The lowest BCUT2D eigenvalue weighted by Gasteiger charge is -2.05. The highest BCUT2D eigenvalue weighted by Crippen LogP contribution is 2.16. The van der Waals surface area contributed by atoms with Crippen LogP contribution in [-0.2, 0) is 11.3 Å². The first-order chi connectivity index (χ1) is 9.47. The summed E-state index contributed by atoms with van der Waals surface area (Å²) in [5, 5.41) is 17.1. The fourth-order valence-electron chi connectivity index (χ4n) is 1.54. The number of nitro groups is 1. The van der Waals surface area contributed by atoms with E-state index in [1.807, 2.05) is 0 Å². The maximum atomic E-state index is 11.8. The number of amides is 1. The molecule has 2 aromatic heterocycles. The Morgan fingerprint density at radius 2 is 2.25 bits per heavy atom. The number of carbonyl (C=O) groups excluding carboxylic acids is 1. The number of pyridine rings is 1. The molecule has 1 N–H and O–H groups in total. The van der Waals surface area contributed by atoms with Crippen molar-refractivity contribution in [1.82, 2.24) is 14.8 Å². The van der Waals surface area contributed by atoms with Crippen molar-refractivity contribution in [1.29, 1.82) is 0 Å². The van der Waals surface area contributed by atoms with Crippen LogP contribution in [0.4, 0.5) is 11.5 Å². The van der Waals surface area contributed by atoms with Crippen molar-refractivity contribution in [2.45, 2.75) is 13.5 Å². The average molecular weight is 340 g/mol. The fraction of sp³-hybridized carbons (Fsp3) is 0.182. The Kier molecular flexibility index (Phi) is 4.08. The van der Waals surface area contributed by atoms with E-state index in [0.29, 0.717) is 11.5 Å². The Balaban J connectivity index is 2.05. The molecule has 0 bridgehead atoms. The summed E-state index contributed by atoms with van der Waals surface area (Å²) in [5.41, 5.74) is 0.216. The summed E-state index contributed by atoms with van der Waals surface area (Å²) < 4.78 is 2.07. The minimum Gasteiger partial charge on any atom is -0.309 e. The summed E-state index contributed by atoms with van der Waals surface area (Å²) in [6.07, 6.45) is 2.68. The van der Waals surface area contributed by atoms with Gasteiger partial charge in [0.05, 0.1) is 4.92 Å². The van der Waals surface area contributed by atoms with Crippen LogP contribution in [0, 0.1) is 17.0 Å². The smallest absolute Gasteiger partial charge is 0.309 e. The predicted molar refractivity (Wildman–Crippen MR) is 74.2 cm³/mol. The van der Waals surface area contributed by atoms with Gasteiger partial charge in [-0.25, -0.2) is 4.98 Å². The second kappa shape index (κ2) is 5.78. The first-order valence-corrected chi connectivity index (χ1v) is 6.35. The van der Waals surface area contributed by atoms with E-state index in [1.54, 1.807) is 18.3 Å². The van der Waals surface area contributed by atoms with Gasteiger partial charge in [0.15, 0.2) is 0 Å². The molecule has 0 fully saturated rings. The number of halogens is 1. The van der Waals surface area contributed by atoms with E-state index in [1.165, 1.54) is 11.6 Å². The lowest BCUT2D eigenvalue weighted by molar-refractivity contribution is -0.385. The topological polar surface area (TPSA) is 103 Å². The van der Waals surface area contributed by atoms with Crippen molar-refractivity contribution < 1.29 is 9.72 Å². The van der Waals surface area contributed by atoms with Crippen LogP contribution in [0.3, 0.4) is 0 Å². The number of nitrogens with zero attached hydrogens (tertiary/aromatic N) is 4. The van der Waals surface area contributed by atoms with Crippen LogP contribution in [0.2, 0.25) is 0 Å². The number of nitrogens with one attached hydrogen (secondary N) is 1. The lowest BCUT2D eigenvalue weighted by atomic mass is 10.4. The first kappa shape index (κ1) is 14.1. The van der Waals surface area contributed by atoms with Crippen molar-refractivity contribution in [3.05, 3.63) is 44.8 Å². The zero-order valence-electron chi connectivity index (χ0n) is 10.4. The van der Waals surface area contributed by atoms with Crippen molar-refractivity contribution in [2.24, 2.45) is 0 Å². The molecule has 0 spiro atoms. The molecule has 104 valence electrons. The van der Waals surface area contributed by atoms with Crippen LogP contribution in [0.15, 0.2) is 29.0 Å². The van der Waals surface area contributed by atoms with Gasteiger partial charge in [-0.3, -0.25) is 19.6 Å². The zero-order valence-corrected chi connectivity index (χ0v) is 12.0. The van der Waals surface area contributed by atoms with Crippen LogP contribution >= 0.6 is 15.9 Å². The minimum atomic E-state index is -0.535. The number of hydrogen-bond donors (Lipinski definition) is 1. The molecule has 0 aliphatic heterocycles. The number of aromatic nitrogens is 3. The van der Waals surface area contributed by atoms with Gasteiger partial charge in [0, 0.05) is 10.7 Å². The van der Waals surface area contributed by atoms with Gasteiger partial charge in [-0.2, -0.15) is 5.10 Å². The summed E-state index contributed by atoms with van der Waals surface area (Å²) in [6, 6.07) is 3.38. The molecule has 0 radical (unpaired) electrons. The largest absolute Gasteiger partial charge is 0.309 e. The highest BCUT2D eigenvalue weighted by Gasteiger charge is 2.17. The quantitative estimate of drug-likeness (QED) is 0.676. The first-order valence-electron chi connectivity index (χ1n) is 5.55. The van der Waals surface area contributed by atoms with Gasteiger partial charge in [0.25, 0.3) is 0 Å². The molecular formula is C11H10BrN5O3. The molecular weight excluding hydrogens is 330 g/mol. The standard InChI is InChI=1S/C11H10BrN5O3/c1-7-9(17(19)20)5-14-16(7)6-11(18)15-10-3-2-8(12)4-13-10/h2-5H,6H2,1H3,(H,13,15,18). The molecule has 8 nitrogen and oxygen atoms in total. The number of carbonyl (C=O) groups is 1. The van der Waals surface area contributed by atoms with E-state index in [4.69, 9.17) is 0 Å². The highest BCUT2D eigenvalue weighted by atomic mass is 79.9. The molecule has 0 aliphatic carbocycles. The molecule has 2 aromatic rings. The van der Waals surface area contributed by atoms with Crippen LogP contribution in [0.1, 0.15) is 5.69 Å². The SMILES string of the molecule is Cc1c([N+](=O)[O-])cnn1CC(=O)Nc1ccc(Br)cn1. The van der Waals surface area contributed by atoms with Gasteiger partial charge < -0.3 is 5.32 Å². The van der Waals surface area contributed by atoms with Gasteiger partial charge in [-0.1, -0.05) is 0 Å². The van der Waals surface area contributed by atoms with Gasteiger partial charge in [-0.05, 0) is 35.0 Å². The Morgan fingerprint density at radius 3 is 2.80 bits per heavy atom. The Labute approximate surface area is 122 Å². The van der Waals surface area contributed by atoms with E-state index in [2.05, 4.69) is 31.3 Å². The summed E-state index contributed by atoms with van der Waals surface area (Å²) in [7, 11) is 0. The van der Waals surface area contributed by atoms with Crippen LogP contribution < -0.4 is 5.32 Å². The van der Waals surface area contributed by atoms with Crippen LogP contribution in [0.25, 0.3) is 0 Å². The number of anilines is 1. The van der Waals surface area contributed by atoms with Gasteiger partial charge in [0.1, 0.15) is 24.3 Å². The van der Waals surface area contributed by atoms with Crippen molar-refractivity contribution in [3.63, 3.8) is 0 Å². The molecule has 0 aromatic carbocycles. The molecule has 0 aliphatic rings. The fourth-order valence-corrected chi connectivity index (χ4v) is 1.78. The minimum absolute atomic E-state index is 0.112. The lowest BCUT2D eigenvalue weighted by Crippen LogP contribution is -2.20. The molecule has 2 rings (SSSR count). The van der Waals surface area contributed by atoms with Gasteiger partial charge >= 0.3 is 5.69 Å². The molecule has 20 heavy (non-hydrogen) atoms. The number of hydrogen-bond acceptors (Lipinski definition) is 5. The molecule has 0 atom stereocenters. The van der Waals surface area contributed by atoms with Crippen molar-refractivity contribution in [2.75, 3.05) is 5.32 Å². The zero-order chi connectivity index (χ0) is 14.7. The summed E-state index contributed by atoms with van der Waals surface area (Å²) in [4.78, 5) is 25.9. The van der Waals surface area contributed by atoms with Gasteiger partial charge in [-0.15, -0.1) is 0 Å². The van der Waals surface area contributed by atoms with E-state index >= 15 is 0 Å². The molecule has 0 unspecified atom stereocenters. The molecule has 0 saturated heterocycles. The second-order valence-electron chi connectivity index (χ2n) is 3.94. The average Bonchev–Trinajstić information content (AvgIpc) is 2.74. The molecule has 1 amide bonds. The summed E-state index contributed by atoms with van der Waals surface area (Å²) >= 11 is 3.24. The van der Waals surface area contributed by atoms with Crippen molar-refractivity contribution in [3.8, 4) is 0 Å². The van der Waals surface area contributed by atoms with Crippen molar-refractivity contribution >= 4 is 33.3 Å². The highest BCUT2D eigenvalue weighted by molar-refractivity contribution is 9.10. The third kappa shape index (κ3) is 3.18. The Bertz CT molecular complexity index is 653. The van der Waals surface area contributed by atoms with E-state index < -0.39 is 4.92 Å². The van der Waals surface area contributed by atoms with E-state index in [0.717, 1.165) is 10.7 Å². The molecule has 2 heterocycles. The summed E-state index contributed by atoms with van der Waals surface area (Å²) in [5.74, 6) is 0.0402. The Hall–Kier alpha value is -2.29. The third-order valence-electron chi connectivity index (χ3n) is 2.56. The van der Waals surface area contributed by atoms with E-state index in [9.17, 15) is 14.9 Å². The Morgan fingerprint density at radius 1 is 1.50 bits per heavy atom. The molecule has 0 saturated carbocycles. The van der Waals surface area contributed by atoms with Gasteiger partial charge in [0.2, 0.25) is 5.91 Å². The summed E-state index contributed by atoms with van der Waals surface area (Å²) in [6.45, 7) is 1.42. The normalized spacial score (nSPS) is 10.3. The number of rotatable bonds is 4.